The monoisotopic (exact) mass is 399 g/mol. The Hall–Kier alpha value is -2.65. The van der Waals surface area contributed by atoms with Gasteiger partial charge in [0.1, 0.15) is 17.9 Å². The SMILES string of the molecule is CC(C)(C)C(=O)Cn1nc2nnc(-c3cccs3)c(-c3cccs3)n2c1=O. The molecule has 9 heteroatoms. The summed E-state index contributed by atoms with van der Waals surface area (Å²) >= 11 is 3.04. The molecule has 0 saturated heterocycles. The number of aromatic nitrogens is 5. The van der Waals surface area contributed by atoms with Crippen molar-refractivity contribution >= 4 is 34.2 Å². The first-order chi connectivity index (χ1) is 12.9. The molecule has 138 valence electrons. The predicted octanol–water partition coefficient (Wildman–Crippen LogP) is 3.36. The lowest BCUT2D eigenvalue weighted by Gasteiger charge is -2.15. The second-order valence-corrected chi connectivity index (χ2v) is 9.00. The minimum atomic E-state index is -0.556. The molecule has 0 saturated carbocycles. The van der Waals surface area contributed by atoms with Crippen LogP contribution in [0.5, 0.6) is 0 Å². The Bertz CT molecular complexity index is 1170. The number of carbonyl (C=O) groups excluding carboxylic acids is 1. The largest absolute Gasteiger partial charge is 0.352 e. The molecule has 0 atom stereocenters. The number of hydrogen-bond donors (Lipinski definition) is 0. The van der Waals surface area contributed by atoms with Gasteiger partial charge in [0.15, 0.2) is 5.78 Å². The number of thiophene rings is 2. The van der Waals surface area contributed by atoms with E-state index in [1.54, 1.807) is 0 Å². The van der Waals surface area contributed by atoms with Gasteiger partial charge in [-0.25, -0.2) is 13.9 Å². The van der Waals surface area contributed by atoms with E-state index in [1.807, 2.05) is 55.8 Å². The van der Waals surface area contributed by atoms with Gasteiger partial charge < -0.3 is 0 Å². The zero-order valence-corrected chi connectivity index (χ0v) is 16.7. The molecule has 4 rings (SSSR count). The fraction of sp³-hybridized carbons (Fsp3) is 0.278. The van der Waals surface area contributed by atoms with E-state index in [9.17, 15) is 9.59 Å². The van der Waals surface area contributed by atoms with Crippen molar-refractivity contribution in [3.63, 3.8) is 0 Å². The molecule has 0 amide bonds. The predicted molar refractivity (Wildman–Crippen MR) is 106 cm³/mol. The lowest BCUT2D eigenvalue weighted by atomic mass is 9.91. The van der Waals surface area contributed by atoms with Gasteiger partial charge in [0.25, 0.3) is 5.78 Å². The molecule has 0 aromatic carbocycles. The summed E-state index contributed by atoms with van der Waals surface area (Å²) in [6, 6.07) is 7.72. The van der Waals surface area contributed by atoms with E-state index >= 15 is 0 Å². The summed E-state index contributed by atoms with van der Waals surface area (Å²) in [5, 5.41) is 16.6. The molecule has 0 aliphatic heterocycles. The van der Waals surface area contributed by atoms with Gasteiger partial charge in [-0.15, -0.1) is 38.0 Å². The topological polar surface area (TPSA) is 82.2 Å². The van der Waals surface area contributed by atoms with Gasteiger partial charge in [0, 0.05) is 5.41 Å². The quantitative estimate of drug-likeness (QED) is 0.525. The smallest absolute Gasteiger partial charge is 0.297 e. The Kier molecular flexibility index (Phi) is 4.27. The van der Waals surface area contributed by atoms with Crippen LogP contribution in [0.1, 0.15) is 20.8 Å². The molecule has 4 aromatic heterocycles. The molecule has 0 aliphatic carbocycles. The summed E-state index contributed by atoms with van der Waals surface area (Å²) in [6.45, 7) is 5.37. The zero-order chi connectivity index (χ0) is 19.2. The second kappa shape index (κ2) is 6.50. The minimum absolute atomic E-state index is 0.0721. The van der Waals surface area contributed by atoms with Crippen LogP contribution in [0.3, 0.4) is 0 Å². The van der Waals surface area contributed by atoms with E-state index in [4.69, 9.17) is 0 Å². The highest BCUT2D eigenvalue weighted by Gasteiger charge is 2.25. The van der Waals surface area contributed by atoms with Crippen molar-refractivity contribution in [1.29, 1.82) is 0 Å². The Labute approximate surface area is 162 Å². The Morgan fingerprint density at radius 2 is 1.74 bits per heavy atom. The van der Waals surface area contributed by atoms with Crippen LogP contribution in [-0.2, 0) is 11.3 Å². The second-order valence-electron chi connectivity index (χ2n) is 7.10. The van der Waals surface area contributed by atoms with Crippen LogP contribution in [0.4, 0.5) is 0 Å². The number of fused-ring (bicyclic) bond motifs is 1. The maximum atomic E-state index is 13.1. The molecular formula is C18H17N5O2S2. The van der Waals surface area contributed by atoms with Crippen LogP contribution >= 0.6 is 22.7 Å². The van der Waals surface area contributed by atoms with Crippen LogP contribution in [-0.4, -0.2) is 30.2 Å². The Morgan fingerprint density at radius 1 is 1.07 bits per heavy atom. The van der Waals surface area contributed by atoms with Gasteiger partial charge in [0.2, 0.25) is 0 Å². The molecule has 0 fully saturated rings. The normalized spacial score (nSPS) is 12.0. The number of nitrogens with zero attached hydrogens (tertiary/aromatic N) is 5. The van der Waals surface area contributed by atoms with Crippen LogP contribution in [0.2, 0.25) is 0 Å². The Morgan fingerprint density at radius 3 is 2.33 bits per heavy atom. The average molecular weight is 400 g/mol. The fourth-order valence-electron chi connectivity index (χ4n) is 2.60. The molecule has 0 N–H and O–H groups in total. The number of hydrogen-bond acceptors (Lipinski definition) is 7. The van der Waals surface area contributed by atoms with Gasteiger partial charge in [-0.3, -0.25) is 4.79 Å². The highest BCUT2D eigenvalue weighted by Crippen LogP contribution is 2.34. The highest BCUT2D eigenvalue weighted by atomic mass is 32.1. The summed E-state index contributed by atoms with van der Waals surface area (Å²) in [6.07, 6.45) is 0. The standard InChI is InChI=1S/C18H17N5O2S2/c1-18(2,3)13(24)10-22-17(25)23-15(12-7-5-9-27-12)14(11-6-4-8-26-11)19-20-16(23)21-22/h4-9H,10H2,1-3H3. The van der Waals surface area contributed by atoms with Crippen molar-refractivity contribution in [2.75, 3.05) is 0 Å². The van der Waals surface area contributed by atoms with Crippen molar-refractivity contribution in [3.05, 3.63) is 45.5 Å². The first-order valence-electron chi connectivity index (χ1n) is 8.33. The maximum absolute atomic E-state index is 13.1. The fourth-order valence-corrected chi connectivity index (χ4v) is 4.07. The van der Waals surface area contributed by atoms with Crippen molar-refractivity contribution in [1.82, 2.24) is 24.4 Å². The van der Waals surface area contributed by atoms with Crippen molar-refractivity contribution < 1.29 is 4.79 Å². The first-order valence-corrected chi connectivity index (χ1v) is 10.1. The summed E-state index contributed by atoms with van der Waals surface area (Å²) < 4.78 is 2.62. The van der Waals surface area contributed by atoms with Crippen LogP contribution in [0.15, 0.2) is 39.8 Å². The molecule has 0 radical (unpaired) electrons. The molecule has 4 heterocycles. The third-order valence-corrected chi connectivity index (χ3v) is 5.90. The molecule has 0 aliphatic rings. The van der Waals surface area contributed by atoms with Gasteiger partial charge in [-0.2, -0.15) is 0 Å². The summed E-state index contributed by atoms with van der Waals surface area (Å²) in [5.74, 6) is 0.113. The summed E-state index contributed by atoms with van der Waals surface area (Å²) in [7, 11) is 0. The Balaban J connectivity index is 1.96. The third-order valence-electron chi connectivity index (χ3n) is 4.15. The van der Waals surface area contributed by atoms with E-state index in [-0.39, 0.29) is 18.1 Å². The molecular weight excluding hydrogens is 382 g/mol. The van der Waals surface area contributed by atoms with E-state index in [0.29, 0.717) is 11.4 Å². The van der Waals surface area contributed by atoms with Crippen LogP contribution in [0.25, 0.3) is 26.9 Å². The van der Waals surface area contributed by atoms with Crippen LogP contribution in [0, 0.1) is 5.41 Å². The molecule has 0 bridgehead atoms. The minimum Gasteiger partial charge on any atom is -0.297 e. The lowest BCUT2D eigenvalue weighted by molar-refractivity contribution is -0.127. The molecule has 27 heavy (non-hydrogen) atoms. The van der Waals surface area contributed by atoms with E-state index in [2.05, 4.69) is 15.3 Å². The maximum Gasteiger partial charge on any atom is 0.352 e. The van der Waals surface area contributed by atoms with E-state index < -0.39 is 11.1 Å². The van der Waals surface area contributed by atoms with E-state index in [1.165, 1.54) is 31.8 Å². The van der Waals surface area contributed by atoms with Gasteiger partial charge in [0.05, 0.1) is 9.75 Å². The number of carbonyl (C=O) groups is 1. The zero-order valence-electron chi connectivity index (χ0n) is 15.0. The number of Topliss-reactive ketones (excluding diaryl/α,β-unsaturated/α-hetero) is 1. The third kappa shape index (κ3) is 3.13. The molecule has 4 aromatic rings. The van der Waals surface area contributed by atoms with Crippen LogP contribution < -0.4 is 5.69 Å². The average Bonchev–Trinajstić information content (AvgIpc) is 3.35. The lowest BCUT2D eigenvalue weighted by Crippen LogP contribution is -2.31. The van der Waals surface area contributed by atoms with E-state index in [0.717, 1.165) is 9.75 Å². The molecule has 0 unspecified atom stereocenters. The summed E-state index contributed by atoms with van der Waals surface area (Å²) in [5.41, 5.74) is 0.332. The van der Waals surface area contributed by atoms with Gasteiger partial charge >= 0.3 is 5.69 Å². The highest BCUT2D eigenvalue weighted by molar-refractivity contribution is 7.14. The first kappa shape index (κ1) is 17.7. The number of ketones is 1. The molecule has 0 spiro atoms. The summed E-state index contributed by atoms with van der Waals surface area (Å²) in [4.78, 5) is 27.3. The molecule has 7 nitrogen and oxygen atoms in total. The number of rotatable bonds is 4. The van der Waals surface area contributed by atoms with Gasteiger partial charge in [-0.05, 0) is 22.9 Å². The van der Waals surface area contributed by atoms with Gasteiger partial charge in [-0.1, -0.05) is 32.9 Å². The van der Waals surface area contributed by atoms with Crippen molar-refractivity contribution in [2.45, 2.75) is 27.3 Å². The van der Waals surface area contributed by atoms with Crippen molar-refractivity contribution in [3.8, 4) is 21.1 Å². The van der Waals surface area contributed by atoms with Crippen molar-refractivity contribution in [2.24, 2.45) is 5.41 Å².